The summed E-state index contributed by atoms with van der Waals surface area (Å²) in [4.78, 5) is 4.05. The zero-order valence-electron chi connectivity index (χ0n) is 12.3. The lowest BCUT2D eigenvalue weighted by Crippen LogP contribution is -2.06. The van der Waals surface area contributed by atoms with Crippen molar-refractivity contribution in [2.45, 2.75) is 13.2 Å². The lowest BCUT2D eigenvalue weighted by Gasteiger charge is -2.14. The number of nitrogens with one attached hydrogen (secondary N) is 1. The predicted octanol–water partition coefficient (Wildman–Crippen LogP) is 3.89. The van der Waals surface area contributed by atoms with Crippen LogP contribution in [-0.2, 0) is 13.2 Å². The highest BCUT2D eigenvalue weighted by atomic mass is 35.5. The van der Waals surface area contributed by atoms with Gasteiger partial charge in [-0.25, -0.2) is 0 Å². The maximum atomic E-state index is 6.27. The second kappa shape index (κ2) is 10.5. The van der Waals surface area contributed by atoms with E-state index in [-0.39, 0.29) is 24.8 Å². The van der Waals surface area contributed by atoms with Gasteiger partial charge in [-0.05, 0) is 30.8 Å². The molecule has 0 unspecified atom stereocenters. The number of aromatic nitrogens is 1. The third-order valence-electron chi connectivity index (χ3n) is 2.78. The molecule has 0 amide bonds. The summed E-state index contributed by atoms with van der Waals surface area (Å²) in [5, 5.41) is 3.62. The summed E-state index contributed by atoms with van der Waals surface area (Å²) >= 11 is 6.27. The summed E-state index contributed by atoms with van der Waals surface area (Å²) in [5.74, 6) is 1.18. The van der Waals surface area contributed by atoms with E-state index in [2.05, 4.69) is 10.3 Å². The second-order valence-electron chi connectivity index (χ2n) is 4.29. The van der Waals surface area contributed by atoms with Crippen LogP contribution in [0.2, 0.25) is 5.02 Å². The predicted molar refractivity (Wildman–Crippen MR) is 93.8 cm³/mol. The zero-order valence-corrected chi connectivity index (χ0v) is 14.7. The lowest BCUT2D eigenvalue weighted by molar-refractivity contribution is 0.284. The largest absolute Gasteiger partial charge is 0.493 e. The van der Waals surface area contributed by atoms with E-state index in [0.717, 1.165) is 17.7 Å². The van der Waals surface area contributed by atoms with Crippen LogP contribution in [0.25, 0.3) is 0 Å². The number of hydrogen-bond donors (Lipinski definition) is 1. The number of rotatable bonds is 6. The van der Waals surface area contributed by atoms with Crippen LogP contribution in [0.1, 0.15) is 11.1 Å². The molecule has 1 aromatic heterocycles. The van der Waals surface area contributed by atoms with E-state index in [0.29, 0.717) is 23.1 Å². The van der Waals surface area contributed by atoms with Crippen LogP contribution in [0.3, 0.4) is 0 Å². The van der Waals surface area contributed by atoms with Crippen LogP contribution >= 0.6 is 36.4 Å². The molecule has 0 bridgehead atoms. The van der Waals surface area contributed by atoms with E-state index in [4.69, 9.17) is 21.1 Å². The Hall–Kier alpha value is -1.20. The fourth-order valence-corrected chi connectivity index (χ4v) is 2.15. The smallest absolute Gasteiger partial charge is 0.180 e. The van der Waals surface area contributed by atoms with Gasteiger partial charge >= 0.3 is 0 Å². The molecule has 122 valence electrons. The topological polar surface area (TPSA) is 43.4 Å². The molecule has 7 heteroatoms. The SMILES string of the molecule is CNCc1cc(Cl)c(OCc2cccnc2)c(OC)c1.Cl.Cl. The van der Waals surface area contributed by atoms with E-state index in [1.54, 1.807) is 19.5 Å². The highest BCUT2D eigenvalue weighted by molar-refractivity contribution is 6.32. The Balaban J connectivity index is 0.00000220. The molecule has 22 heavy (non-hydrogen) atoms. The molecule has 0 saturated carbocycles. The summed E-state index contributed by atoms with van der Waals surface area (Å²) in [5.41, 5.74) is 2.02. The third kappa shape index (κ3) is 5.54. The van der Waals surface area contributed by atoms with Crippen LogP contribution in [0, 0.1) is 0 Å². The van der Waals surface area contributed by atoms with E-state index < -0.39 is 0 Å². The van der Waals surface area contributed by atoms with Gasteiger partial charge in [-0.3, -0.25) is 4.98 Å². The van der Waals surface area contributed by atoms with Crippen molar-refractivity contribution in [3.8, 4) is 11.5 Å². The van der Waals surface area contributed by atoms with Gasteiger partial charge < -0.3 is 14.8 Å². The van der Waals surface area contributed by atoms with E-state index >= 15 is 0 Å². The minimum Gasteiger partial charge on any atom is -0.493 e. The zero-order chi connectivity index (χ0) is 14.4. The first-order valence-electron chi connectivity index (χ1n) is 6.27. The van der Waals surface area contributed by atoms with Crippen molar-refractivity contribution in [1.29, 1.82) is 0 Å². The van der Waals surface area contributed by atoms with Crippen LogP contribution in [-0.4, -0.2) is 19.1 Å². The van der Waals surface area contributed by atoms with Crippen molar-refractivity contribution in [2.75, 3.05) is 14.2 Å². The Morgan fingerprint density at radius 2 is 2.00 bits per heavy atom. The molecule has 0 aliphatic heterocycles. The fourth-order valence-electron chi connectivity index (χ4n) is 1.86. The average molecular weight is 366 g/mol. The minimum atomic E-state index is 0. The second-order valence-corrected chi connectivity index (χ2v) is 4.70. The summed E-state index contributed by atoms with van der Waals surface area (Å²) in [6.07, 6.45) is 3.49. The van der Waals surface area contributed by atoms with Gasteiger partial charge in [0.2, 0.25) is 0 Å². The van der Waals surface area contributed by atoms with Gasteiger partial charge in [-0.1, -0.05) is 17.7 Å². The molecule has 0 saturated heterocycles. The van der Waals surface area contributed by atoms with Crippen molar-refractivity contribution in [3.63, 3.8) is 0 Å². The first kappa shape index (κ1) is 20.8. The van der Waals surface area contributed by atoms with Crippen molar-refractivity contribution >= 4 is 36.4 Å². The summed E-state index contributed by atoms with van der Waals surface area (Å²) in [6, 6.07) is 7.61. The van der Waals surface area contributed by atoms with Crippen molar-refractivity contribution in [1.82, 2.24) is 10.3 Å². The van der Waals surface area contributed by atoms with Gasteiger partial charge in [0, 0.05) is 24.5 Å². The summed E-state index contributed by atoms with van der Waals surface area (Å²) in [7, 11) is 3.49. The van der Waals surface area contributed by atoms with Gasteiger partial charge in [-0.2, -0.15) is 0 Å². The quantitative estimate of drug-likeness (QED) is 0.843. The Morgan fingerprint density at radius 3 is 2.59 bits per heavy atom. The van der Waals surface area contributed by atoms with Crippen LogP contribution < -0.4 is 14.8 Å². The van der Waals surface area contributed by atoms with Gasteiger partial charge in [0.05, 0.1) is 12.1 Å². The normalized spacial score (nSPS) is 9.41. The molecule has 0 spiro atoms. The number of methoxy groups -OCH3 is 1. The van der Waals surface area contributed by atoms with Gasteiger partial charge in [0.15, 0.2) is 11.5 Å². The fraction of sp³-hybridized carbons (Fsp3) is 0.267. The maximum Gasteiger partial charge on any atom is 0.180 e. The number of ether oxygens (including phenoxy) is 2. The summed E-state index contributed by atoms with van der Waals surface area (Å²) in [6.45, 7) is 1.12. The standard InChI is InChI=1S/C15H17ClN2O2.2ClH/c1-17-8-12-6-13(16)15(14(7-12)19-2)20-10-11-4-3-5-18-9-11;;/h3-7,9,17H,8,10H2,1-2H3;2*1H. The molecule has 4 nitrogen and oxygen atoms in total. The van der Waals surface area contributed by atoms with Crippen LogP contribution in [0.15, 0.2) is 36.7 Å². The van der Waals surface area contributed by atoms with Crippen LogP contribution in [0.5, 0.6) is 11.5 Å². The molecule has 0 fully saturated rings. The van der Waals surface area contributed by atoms with Crippen molar-refractivity contribution < 1.29 is 9.47 Å². The summed E-state index contributed by atoms with van der Waals surface area (Å²) < 4.78 is 11.1. The van der Waals surface area contributed by atoms with E-state index in [1.165, 1.54) is 0 Å². The number of hydrogen-bond acceptors (Lipinski definition) is 4. The maximum absolute atomic E-state index is 6.27. The Bertz CT molecular complexity index is 568. The lowest BCUT2D eigenvalue weighted by atomic mass is 10.2. The molecule has 0 radical (unpaired) electrons. The molecule has 1 aromatic carbocycles. The number of benzene rings is 1. The van der Waals surface area contributed by atoms with Crippen molar-refractivity contribution in [3.05, 3.63) is 52.8 Å². The van der Waals surface area contributed by atoms with Gasteiger partial charge in [0.1, 0.15) is 6.61 Å². The Morgan fingerprint density at radius 1 is 1.23 bits per heavy atom. The van der Waals surface area contributed by atoms with Crippen molar-refractivity contribution in [2.24, 2.45) is 0 Å². The number of pyridine rings is 1. The highest BCUT2D eigenvalue weighted by Gasteiger charge is 2.12. The molecule has 0 atom stereocenters. The average Bonchev–Trinajstić information content (AvgIpc) is 2.47. The Kier molecular flexibility index (Phi) is 9.94. The monoisotopic (exact) mass is 364 g/mol. The molecular formula is C15H19Cl3N2O2. The highest BCUT2D eigenvalue weighted by Crippen LogP contribution is 2.36. The molecule has 0 aliphatic rings. The number of nitrogens with zero attached hydrogens (tertiary/aromatic N) is 1. The van der Waals surface area contributed by atoms with Gasteiger partial charge in [0.25, 0.3) is 0 Å². The van der Waals surface area contributed by atoms with E-state index in [9.17, 15) is 0 Å². The first-order valence-corrected chi connectivity index (χ1v) is 6.65. The minimum absolute atomic E-state index is 0. The molecule has 0 aliphatic carbocycles. The molecule has 2 rings (SSSR count). The van der Waals surface area contributed by atoms with E-state index in [1.807, 2.05) is 31.3 Å². The first-order chi connectivity index (χ1) is 9.74. The van der Waals surface area contributed by atoms with Gasteiger partial charge in [-0.15, -0.1) is 24.8 Å². The van der Waals surface area contributed by atoms with Crippen LogP contribution in [0.4, 0.5) is 0 Å². The number of halogens is 3. The molecule has 2 aromatic rings. The molecular weight excluding hydrogens is 347 g/mol. The third-order valence-corrected chi connectivity index (χ3v) is 3.06. The Labute approximate surface area is 148 Å². The molecule has 1 heterocycles. The molecule has 1 N–H and O–H groups in total.